The van der Waals surface area contributed by atoms with Crippen LogP contribution in [0.1, 0.15) is 11.1 Å². The Hall–Kier alpha value is -3.35. The van der Waals surface area contributed by atoms with Crippen molar-refractivity contribution in [3.05, 3.63) is 35.4 Å². The maximum absolute atomic E-state index is 12.6. The van der Waals surface area contributed by atoms with Crippen LogP contribution >= 0.6 is 0 Å². The van der Waals surface area contributed by atoms with E-state index in [1.807, 2.05) is 0 Å². The molecule has 0 saturated heterocycles. The number of benzene rings is 2. The lowest BCUT2D eigenvalue weighted by molar-refractivity contribution is -0.110. The summed E-state index contributed by atoms with van der Waals surface area (Å²) in [5, 5.41) is 2.84. The minimum absolute atomic E-state index is 0.249. The molecule has 0 spiro atoms. The normalized spacial score (nSPS) is 13.8. The van der Waals surface area contributed by atoms with Crippen LogP contribution in [0.15, 0.2) is 24.3 Å². The maximum Gasteiger partial charge on any atom is 0.256 e. The van der Waals surface area contributed by atoms with Gasteiger partial charge in [-0.05, 0) is 35.9 Å². The molecule has 1 heterocycles. The fourth-order valence-electron chi connectivity index (χ4n) is 3.08. The first kappa shape index (κ1) is 18.4. The van der Waals surface area contributed by atoms with Crippen LogP contribution in [0.5, 0.6) is 28.7 Å². The Morgan fingerprint density at radius 3 is 1.85 bits per heavy atom. The van der Waals surface area contributed by atoms with Gasteiger partial charge in [-0.25, -0.2) is 0 Å². The average Bonchev–Trinajstić information content (AvgIpc) is 3.02. The summed E-state index contributed by atoms with van der Waals surface area (Å²) < 4.78 is 26.9. The highest BCUT2D eigenvalue weighted by molar-refractivity contribution is 6.36. The standard InChI is InChI=1S/C20H21NO6/c1-23-13-6-7-14(24-2)18-17(13)12(20(22)21-18)8-11-9-15(25-3)19(27-5)16(10-11)26-4/h6-10H,1-5H3,(H,21,22)/b12-8-. The lowest BCUT2D eigenvalue weighted by atomic mass is 10.0. The van der Waals surface area contributed by atoms with Crippen molar-refractivity contribution in [3.8, 4) is 28.7 Å². The Morgan fingerprint density at radius 1 is 0.778 bits per heavy atom. The number of anilines is 1. The first-order valence-electron chi connectivity index (χ1n) is 8.16. The third-order valence-electron chi connectivity index (χ3n) is 4.32. The van der Waals surface area contributed by atoms with Crippen LogP contribution < -0.4 is 29.0 Å². The molecular formula is C20H21NO6. The summed E-state index contributed by atoms with van der Waals surface area (Å²) in [5.41, 5.74) is 2.40. The van der Waals surface area contributed by atoms with Gasteiger partial charge in [0.1, 0.15) is 11.5 Å². The van der Waals surface area contributed by atoms with Crippen LogP contribution in [-0.2, 0) is 4.79 Å². The number of carbonyl (C=O) groups is 1. The van der Waals surface area contributed by atoms with Gasteiger partial charge < -0.3 is 29.0 Å². The minimum atomic E-state index is -0.249. The Balaban J connectivity index is 2.19. The quantitative estimate of drug-likeness (QED) is 0.786. The second-order valence-electron chi connectivity index (χ2n) is 5.69. The number of nitrogens with one attached hydrogen (secondary N) is 1. The first-order valence-corrected chi connectivity index (χ1v) is 8.16. The monoisotopic (exact) mass is 371 g/mol. The van der Waals surface area contributed by atoms with Crippen molar-refractivity contribution >= 4 is 23.2 Å². The first-order chi connectivity index (χ1) is 13.1. The number of amides is 1. The molecule has 27 heavy (non-hydrogen) atoms. The second kappa shape index (κ2) is 7.49. The molecule has 7 nitrogen and oxygen atoms in total. The van der Waals surface area contributed by atoms with Gasteiger partial charge in [0.15, 0.2) is 11.5 Å². The summed E-state index contributed by atoms with van der Waals surface area (Å²) in [5.74, 6) is 2.37. The fourth-order valence-corrected chi connectivity index (χ4v) is 3.08. The van der Waals surface area contributed by atoms with E-state index in [0.29, 0.717) is 51.1 Å². The molecule has 0 fully saturated rings. The van der Waals surface area contributed by atoms with E-state index < -0.39 is 0 Å². The van der Waals surface area contributed by atoms with Gasteiger partial charge in [-0.3, -0.25) is 4.79 Å². The Labute approximate surface area is 157 Å². The highest BCUT2D eigenvalue weighted by atomic mass is 16.5. The number of hydrogen-bond acceptors (Lipinski definition) is 6. The molecule has 0 atom stereocenters. The van der Waals surface area contributed by atoms with Gasteiger partial charge in [0.2, 0.25) is 5.75 Å². The third kappa shape index (κ3) is 3.12. The third-order valence-corrected chi connectivity index (χ3v) is 4.32. The molecule has 142 valence electrons. The molecule has 0 saturated carbocycles. The Kier molecular flexibility index (Phi) is 5.12. The highest BCUT2D eigenvalue weighted by Gasteiger charge is 2.31. The summed E-state index contributed by atoms with van der Waals surface area (Å²) in [7, 11) is 7.73. The van der Waals surface area contributed by atoms with E-state index in [1.165, 1.54) is 7.11 Å². The van der Waals surface area contributed by atoms with Gasteiger partial charge in [0.25, 0.3) is 5.91 Å². The molecular weight excluding hydrogens is 350 g/mol. The van der Waals surface area contributed by atoms with E-state index >= 15 is 0 Å². The molecule has 1 aliphatic rings. The van der Waals surface area contributed by atoms with E-state index in [-0.39, 0.29) is 5.91 Å². The number of carbonyl (C=O) groups excluding carboxylic acids is 1. The van der Waals surface area contributed by atoms with Crippen LogP contribution in [0, 0.1) is 0 Å². The van der Waals surface area contributed by atoms with Crippen molar-refractivity contribution in [3.63, 3.8) is 0 Å². The fraction of sp³-hybridized carbons (Fsp3) is 0.250. The zero-order chi connectivity index (χ0) is 19.6. The smallest absolute Gasteiger partial charge is 0.256 e. The zero-order valence-electron chi connectivity index (χ0n) is 15.8. The average molecular weight is 371 g/mol. The van der Waals surface area contributed by atoms with E-state index in [9.17, 15) is 4.79 Å². The second-order valence-corrected chi connectivity index (χ2v) is 5.69. The topological polar surface area (TPSA) is 75.3 Å². The molecule has 1 N–H and O–H groups in total. The van der Waals surface area contributed by atoms with Crippen molar-refractivity contribution in [2.45, 2.75) is 0 Å². The van der Waals surface area contributed by atoms with Gasteiger partial charge >= 0.3 is 0 Å². The van der Waals surface area contributed by atoms with Gasteiger partial charge in [0.05, 0.1) is 52.4 Å². The lowest BCUT2D eigenvalue weighted by Crippen LogP contribution is -2.04. The summed E-state index contributed by atoms with van der Waals surface area (Å²) in [6.07, 6.45) is 1.74. The molecule has 0 unspecified atom stereocenters. The number of hydrogen-bond donors (Lipinski definition) is 1. The summed E-state index contributed by atoms with van der Waals surface area (Å²) in [6, 6.07) is 7.06. The zero-order valence-corrected chi connectivity index (χ0v) is 15.8. The number of methoxy groups -OCH3 is 5. The SMILES string of the molecule is COc1ccc(OC)c2c1NC(=O)/C2=C\c1cc(OC)c(OC)c(OC)c1. The molecule has 0 bridgehead atoms. The van der Waals surface area contributed by atoms with Crippen LogP contribution in [0.25, 0.3) is 11.6 Å². The van der Waals surface area contributed by atoms with Gasteiger partial charge in [0, 0.05) is 0 Å². The maximum atomic E-state index is 12.6. The summed E-state index contributed by atoms with van der Waals surface area (Å²) in [4.78, 5) is 12.6. The predicted octanol–water partition coefficient (Wildman–Crippen LogP) is 3.22. The molecule has 0 aromatic heterocycles. The largest absolute Gasteiger partial charge is 0.496 e. The van der Waals surface area contributed by atoms with Crippen LogP contribution in [0.3, 0.4) is 0 Å². The van der Waals surface area contributed by atoms with E-state index in [4.69, 9.17) is 23.7 Å². The molecule has 2 aromatic rings. The highest BCUT2D eigenvalue weighted by Crippen LogP contribution is 2.46. The number of rotatable bonds is 6. The summed E-state index contributed by atoms with van der Waals surface area (Å²) >= 11 is 0. The molecule has 2 aromatic carbocycles. The van der Waals surface area contributed by atoms with Gasteiger partial charge in [-0.1, -0.05) is 0 Å². The molecule has 0 aliphatic carbocycles. The van der Waals surface area contributed by atoms with E-state index in [0.717, 1.165) is 0 Å². The molecule has 1 amide bonds. The van der Waals surface area contributed by atoms with Gasteiger partial charge in [-0.15, -0.1) is 0 Å². The predicted molar refractivity (Wildman–Crippen MR) is 102 cm³/mol. The molecule has 1 aliphatic heterocycles. The Morgan fingerprint density at radius 2 is 1.33 bits per heavy atom. The minimum Gasteiger partial charge on any atom is -0.496 e. The van der Waals surface area contributed by atoms with Gasteiger partial charge in [-0.2, -0.15) is 0 Å². The number of fused-ring (bicyclic) bond motifs is 1. The lowest BCUT2D eigenvalue weighted by Gasteiger charge is -2.13. The van der Waals surface area contributed by atoms with Crippen LogP contribution in [0.2, 0.25) is 0 Å². The van der Waals surface area contributed by atoms with Crippen molar-refractivity contribution in [1.29, 1.82) is 0 Å². The van der Waals surface area contributed by atoms with Crippen LogP contribution in [-0.4, -0.2) is 41.5 Å². The molecule has 7 heteroatoms. The Bertz CT molecular complexity index is 894. The van der Waals surface area contributed by atoms with E-state index in [1.54, 1.807) is 58.8 Å². The van der Waals surface area contributed by atoms with Crippen molar-refractivity contribution in [2.75, 3.05) is 40.9 Å². The molecule has 3 rings (SSSR count). The van der Waals surface area contributed by atoms with Crippen molar-refractivity contribution < 1.29 is 28.5 Å². The number of ether oxygens (including phenoxy) is 5. The van der Waals surface area contributed by atoms with Crippen LogP contribution in [0.4, 0.5) is 5.69 Å². The van der Waals surface area contributed by atoms with Crippen molar-refractivity contribution in [2.24, 2.45) is 0 Å². The van der Waals surface area contributed by atoms with Crippen molar-refractivity contribution in [1.82, 2.24) is 0 Å². The molecule has 0 radical (unpaired) electrons. The summed E-state index contributed by atoms with van der Waals surface area (Å²) in [6.45, 7) is 0. The van der Waals surface area contributed by atoms with E-state index in [2.05, 4.69) is 5.32 Å².